The van der Waals surface area contributed by atoms with Gasteiger partial charge in [-0.2, -0.15) is 4.98 Å². The van der Waals surface area contributed by atoms with Crippen LogP contribution >= 0.6 is 0 Å². The first kappa shape index (κ1) is 18.7. The molecular weight excluding hydrogens is 358 g/mol. The molecule has 26 heavy (non-hydrogen) atoms. The van der Waals surface area contributed by atoms with E-state index in [2.05, 4.69) is 15.0 Å². The minimum atomic E-state index is -2.92. The van der Waals surface area contributed by atoms with E-state index in [1.165, 1.54) is 0 Å². The van der Waals surface area contributed by atoms with Gasteiger partial charge in [-0.15, -0.1) is 0 Å². The van der Waals surface area contributed by atoms with Crippen LogP contribution in [0.3, 0.4) is 0 Å². The Kier molecular flexibility index (Phi) is 5.77. The Hall–Kier alpha value is -2.13. The lowest BCUT2D eigenvalue weighted by Crippen LogP contribution is -2.35. The number of nitrogens with zero attached hydrogens (tertiary/aromatic N) is 3. The second kappa shape index (κ2) is 8.05. The maximum absolute atomic E-state index is 11.7. The first-order valence-corrected chi connectivity index (χ1v) is 10.3. The predicted octanol–water partition coefficient (Wildman–Crippen LogP) is 1.67. The van der Waals surface area contributed by atoms with Crippen LogP contribution in [-0.4, -0.2) is 54.7 Å². The first-order chi connectivity index (χ1) is 12.5. The molecule has 1 atom stereocenters. The molecule has 0 spiro atoms. The summed E-state index contributed by atoms with van der Waals surface area (Å²) in [5.41, 5.74) is 0. The van der Waals surface area contributed by atoms with Gasteiger partial charge in [0, 0.05) is 6.04 Å². The van der Waals surface area contributed by atoms with Crippen LogP contribution in [0.2, 0.25) is 0 Å². The fourth-order valence-corrected chi connectivity index (χ4v) is 4.73. The number of ether oxygens (including phenoxy) is 2. The maximum atomic E-state index is 11.7. The standard InChI is InChI=1S/C17H23N3O5S/c1-3-20(13-8-9-26(21,22)12-13)10-17-18-16(19-25-17)11-24-15-6-4-14(23-2)5-7-15/h4-7,13H,3,8-12H2,1-2H3. The molecule has 0 amide bonds. The molecule has 9 heteroatoms. The summed E-state index contributed by atoms with van der Waals surface area (Å²) in [6.45, 7) is 3.35. The highest BCUT2D eigenvalue weighted by Crippen LogP contribution is 2.20. The van der Waals surface area contributed by atoms with Crippen molar-refractivity contribution in [1.82, 2.24) is 15.0 Å². The number of rotatable bonds is 8. The molecule has 2 aromatic rings. The van der Waals surface area contributed by atoms with Crippen molar-refractivity contribution in [2.75, 3.05) is 25.2 Å². The van der Waals surface area contributed by atoms with Gasteiger partial charge in [0.2, 0.25) is 11.7 Å². The predicted molar refractivity (Wildman–Crippen MR) is 94.8 cm³/mol. The van der Waals surface area contributed by atoms with E-state index >= 15 is 0 Å². The Bertz CT molecular complexity index is 819. The maximum Gasteiger partial charge on any atom is 0.240 e. The molecule has 142 valence electrons. The lowest BCUT2D eigenvalue weighted by Gasteiger charge is -2.24. The number of hydrogen-bond donors (Lipinski definition) is 0. The number of benzene rings is 1. The van der Waals surface area contributed by atoms with Crippen molar-refractivity contribution in [2.24, 2.45) is 0 Å². The van der Waals surface area contributed by atoms with Gasteiger partial charge < -0.3 is 14.0 Å². The SMILES string of the molecule is CCN(Cc1nc(COc2ccc(OC)cc2)no1)C1CCS(=O)(=O)C1. The average Bonchev–Trinajstić information content (AvgIpc) is 3.24. The van der Waals surface area contributed by atoms with E-state index < -0.39 is 9.84 Å². The molecule has 0 radical (unpaired) electrons. The third-order valence-electron chi connectivity index (χ3n) is 4.41. The Morgan fingerprint density at radius 3 is 2.62 bits per heavy atom. The van der Waals surface area contributed by atoms with Crippen molar-refractivity contribution in [2.45, 2.75) is 32.5 Å². The van der Waals surface area contributed by atoms with Crippen LogP contribution in [0.4, 0.5) is 0 Å². The van der Waals surface area contributed by atoms with Crippen molar-refractivity contribution < 1.29 is 22.4 Å². The van der Waals surface area contributed by atoms with E-state index in [-0.39, 0.29) is 24.2 Å². The summed E-state index contributed by atoms with van der Waals surface area (Å²) in [5, 5.41) is 3.93. The highest BCUT2D eigenvalue weighted by atomic mass is 32.2. The number of hydrogen-bond acceptors (Lipinski definition) is 8. The molecule has 1 aromatic heterocycles. The zero-order valence-corrected chi connectivity index (χ0v) is 15.7. The summed E-state index contributed by atoms with van der Waals surface area (Å²) in [5.74, 6) is 2.80. The zero-order chi connectivity index (χ0) is 18.6. The molecule has 0 aliphatic carbocycles. The fraction of sp³-hybridized carbons (Fsp3) is 0.529. The van der Waals surface area contributed by atoms with Gasteiger partial charge in [0.15, 0.2) is 16.4 Å². The number of aromatic nitrogens is 2. The van der Waals surface area contributed by atoms with Crippen LogP contribution < -0.4 is 9.47 Å². The molecule has 8 nitrogen and oxygen atoms in total. The van der Waals surface area contributed by atoms with Crippen LogP contribution in [0, 0.1) is 0 Å². The molecule has 0 bridgehead atoms. The minimum Gasteiger partial charge on any atom is -0.497 e. The molecule has 2 heterocycles. The van der Waals surface area contributed by atoms with Crippen LogP contribution in [0.5, 0.6) is 11.5 Å². The highest BCUT2D eigenvalue weighted by Gasteiger charge is 2.32. The first-order valence-electron chi connectivity index (χ1n) is 8.52. The quantitative estimate of drug-likeness (QED) is 0.681. The molecule has 1 aliphatic rings. The van der Waals surface area contributed by atoms with E-state index in [0.29, 0.717) is 30.4 Å². The molecular formula is C17H23N3O5S. The third-order valence-corrected chi connectivity index (χ3v) is 6.16. The van der Waals surface area contributed by atoms with Gasteiger partial charge in [0.25, 0.3) is 0 Å². The largest absolute Gasteiger partial charge is 0.497 e. The van der Waals surface area contributed by atoms with Crippen molar-refractivity contribution >= 4 is 9.84 Å². The van der Waals surface area contributed by atoms with Crippen LogP contribution in [0.1, 0.15) is 25.1 Å². The molecule has 1 unspecified atom stereocenters. The Balaban J connectivity index is 1.55. The summed E-state index contributed by atoms with van der Waals surface area (Å²) in [4.78, 5) is 6.40. The third kappa shape index (κ3) is 4.73. The van der Waals surface area contributed by atoms with Gasteiger partial charge >= 0.3 is 0 Å². The zero-order valence-electron chi connectivity index (χ0n) is 14.9. The summed E-state index contributed by atoms with van der Waals surface area (Å²) < 4.78 is 39.4. The molecule has 0 saturated carbocycles. The summed E-state index contributed by atoms with van der Waals surface area (Å²) in [6, 6.07) is 7.24. The van der Waals surface area contributed by atoms with Crippen molar-refractivity contribution in [3.8, 4) is 11.5 Å². The van der Waals surface area contributed by atoms with Gasteiger partial charge in [-0.1, -0.05) is 12.1 Å². The molecule has 1 aliphatic heterocycles. The second-order valence-corrected chi connectivity index (χ2v) is 8.42. The number of sulfone groups is 1. The van der Waals surface area contributed by atoms with Gasteiger partial charge in [0.05, 0.1) is 25.2 Å². The van der Waals surface area contributed by atoms with E-state index in [1.807, 2.05) is 19.1 Å². The van der Waals surface area contributed by atoms with Crippen LogP contribution in [0.15, 0.2) is 28.8 Å². The Morgan fingerprint density at radius 1 is 1.27 bits per heavy atom. The second-order valence-electron chi connectivity index (χ2n) is 6.19. The van der Waals surface area contributed by atoms with E-state index in [0.717, 1.165) is 12.3 Å². The smallest absolute Gasteiger partial charge is 0.240 e. The van der Waals surface area contributed by atoms with Crippen molar-refractivity contribution in [3.63, 3.8) is 0 Å². The van der Waals surface area contributed by atoms with Gasteiger partial charge in [-0.3, -0.25) is 4.90 Å². The van der Waals surface area contributed by atoms with Gasteiger partial charge in [0.1, 0.15) is 11.5 Å². The van der Waals surface area contributed by atoms with Gasteiger partial charge in [-0.25, -0.2) is 8.42 Å². The summed E-state index contributed by atoms with van der Waals surface area (Å²) in [6.07, 6.45) is 0.651. The van der Waals surface area contributed by atoms with E-state index in [9.17, 15) is 8.42 Å². The topological polar surface area (TPSA) is 94.8 Å². The summed E-state index contributed by atoms with van der Waals surface area (Å²) >= 11 is 0. The molecule has 1 aromatic carbocycles. The van der Waals surface area contributed by atoms with Gasteiger partial charge in [-0.05, 0) is 37.2 Å². The highest BCUT2D eigenvalue weighted by molar-refractivity contribution is 7.91. The van der Waals surface area contributed by atoms with E-state index in [4.69, 9.17) is 14.0 Å². The van der Waals surface area contributed by atoms with Crippen molar-refractivity contribution in [3.05, 3.63) is 36.0 Å². The molecule has 1 saturated heterocycles. The molecule has 1 fully saturated rings. The lowest BCUT2D eigenvalue weighted by molar-refractivity contribution is 0.186. The molecule has 3 rings (SSSR count). The average molecular weight is 381 g/mol. The van der Waals surface area contributed by atoms with Crippen molar-refractivity contribution in [1.29, 1.82) is 0 Å². The Morgan fingerprint density at radius 2 is 2.00 bits per heavy atom. The summed E-state index contributed by atoms with van der Waals surface area (Å²) in [7, 11) is -1.31. The van der Waals surface area contributed by atoms with Crippen LogP contribution in [-0.2, 0) is 23.0 Å². The number of methoxy groups -OCH3 is 1. The Labute approximate surface area is 153 Å². The minimum absolute atomic E-state index is 0.0101. The fourth-order valence-electron chi connectivity index (χ4n) is 2.97. The lowest BCUT2D eigenvalue weighted by atomic mass is 10.2. The normalized spacial score (nSPS) is 19.0. The van der Waals surface area contributed by atoms with E-state index in [1.54, 1.807) is 19.2 Å². The molecule has 0 N–H and O–H groups in total. The monoisotopic (exact) mass is 381 g/mol. The van der Waals surface area contributed by atoms with Crippen LogP contribution in [0.25, 0.3) is 0 Å².